The third-order valence-electron chi connectivity index (χ3n) is 2.35. The highest BCUT2D eigenvalue weighted by Crippen LogP contribution is 2.21. The van der Waals surface area contributed by atoms with E-state index in [0.717, 1.165) is 0 Å². The van der Waals surface area contributed by atoms with Crippen LogP contribution < -0.4 is 5.32 Å². The second kappa shape index (κ2) is 5.98. The van der Waals surface area contributed by atoms with Crippen LogP contribution in [0.2, 0.25) is 5.15 Å². The van der Waals surface area contributed by atoms with Gasteiger partial charge in [-0.15, -0.1) is 0 Å². The molecule has 4 nitrogen and oxygen atoms in total. The number of hydrogen-bond acceptors (Lipinski definition) is 3. The van der Waals surface area contributed by atoms with Gasteiger partial charge in [-0.3, -0.25) is 4.79 Å². The van der Waals surface area contributed by atoms with Crippen LogP contribution in [-0.2, 0) is 0 Å². The number of halogens is 3. The number of pyridine rings is 2. The van der Waals surface area contributed by atoms with Crippen molar-refractivity contribution in [3.05, 3.63) is 49.9 Å². The summed E-state index contributed by atoms with van der Waals surface area (Å²) in [6.07, 6.45) is 1.53. The van der Waals surface area contributed by atoms with Gasteiger partial charge in [0.2, 0.25) is 0 Å². The highest BCUT2D eigenvalue weighted by atomic mass is 79.9. The number of anilines is 1. The summed E-state index contributed by atoms with van der Waals surface area (Å²) in [7, 11) is 0. The molecule has 7 heteroatoms. The molecule has 0 atom stereocenters. The van der Waals surface area contributed by atoms with Crippen LogP contribution in [0.5, 0.6) is 0 Å². The fourth-order valence-corrected chi connectivity index (χ4v) is 2.35. The Balaban J connectivity index is 2.28. The van der Waals surface area contributed by atoms with Gasteiger partial charge in [-0.25, -0.2) is 9.97 Å². The maximum Gasteiger partial charge on any atom is 0.258 e. The van der Waals surface area contributed by atoms with Crippen molar-refractivity contribution in [2.45, 2.75) is 6.92 Å². The van der Waals surface area contributed by atoms with Gasteiger partial charge in [0.1, 0.15) is 9.76 Å². The summed E-state index contributed by atoms with van der Waals surface area (Å²) >= 11 is 12.4. The molecule has 0 radical (unpaired) electrons. The zero-order chi connectivity index (χ0) is 14.0. The molecule has 0 unspecified atom stereocenters. The Labute approximate surface area is 131 Å². The summed E-state index contributed by atoms with van der Waals surface area (Å²) in [5.41, 5.74) is 1.64. The maximum atomic E-state index is 12.1. The molecule has 0 spiro atoms. The van der Waals surface area contributed by atoms with Gasteiger partial charge in [0.05, 0.1) is 16.9 Å². The molecule has 1 amide bonds. The molecule has 0 fully saturated rings. The van der Waals surface area contributed by atoms with Gasteiger partial charge in [0.25, 0.3) is 5.91 Å². The average Bonchev–Trinajstić information content (AvgIpc) is 2.35. The van der Waals surface area contributed by atoms with Gasteiger partial charge >= 0.3 is 0 Å². The molecule has 0 aliphatic rings. The lowest BCUT2D eigenvalue weighted by Gasteiger charge is -2.09. The van der Waals surface area contributed by atoms with Crippen LogP contribution in [-0.4, -0.2) is 15.9 Å². The van der Waals surface area contributed by atoms with Gasteiger partial charge in [0, 0.05) is 10.7 Å². The molecule has 98 valence electrons. The quantitative estimate of drug-likeness (QED) is 0.762. The van der Waals surface area contributed by atoms with Crippen molar-refractivity contribution in [3.63, 3.8) is 0 Å². The van der Waals surface area contributed by atoms with E-state index in [1.54, 1.807) is 25.1 Å². The standard InChI is InChI=1S/C12H8Br2ClN3O/c1-6-9(2-3-10(14)17-6)18-12(19)8-4-7(13)5-16-11(8)15/h2-5H,1H3,(H,18,19). The lowest BCUT2D eigenvalue weighted by molar-refractivity contribution is 0.102. The van der Waals surface area contributed by atoms with E-state index in [1.165, 1.54) is 6.20 Å². The van der Waals surface area contributed by atoms with E-state index in [4.69, 9.17) is 11.6 Å². The predicted octanol–water partition coefficient (Wildman–Crippen LogP) is 4.22. The molecule has 0 saturated heterocycles. The fourth-order valence-electron chi connectivity index (χ4n) is 1.43. The van der Waals surface area contributed by atoms with E-state index in [0.29, 0.717) is 26.0 Å². The van der Waals surface area contributed by atoms with Crippen molar-refractivity contribution in [2.24, 2.45) is 0 Å². The van der Waals surface area contributed by atoms with Crippen molar-refractivity contribution in [3.8, 4) is 0 Å². The summed E-state index contributed by atoms with van der Waals surface area (Å²) in [5, 5.41) is 2.91. The van der Waals surface area contributed by atoms with Crippen LogP contribution in [0.4, 0.5) is 5.69 Å². The van der Waals surface area contributed by atoms with E-state index in [9.17, 15) is 4.79 Å². The number of amides is 1. The van der Waals surface area contributed by atoms with E-state index in [-0.39, 0.29) is 11.1 Å². The topological polar surface area (TPSA) is 54.9 Å². The monoisotopic (exact) mass is 403 g/mol. The van der Waals surface area contributed by atoms with Crippen LogP contribution >= 0.6 is 43.5 Å². The second-order valence-corrected chi connectivity index (χ2v) is 5.80. The minimum Gasteiger partial charge on any atom is -0.320 e. The molecule has 19 heavy (non-hydrogen) atoms. The number of carbonyl (C=O) groups excluding carboxylic acids is 1. The number of nitrogens with zero attached hydrogens (tertiary/aromatic N) is 2. The van der Waals surface area contributed by atoms with Crippen molar-refractivity contribution in [1.82, 2.24) is 9.97 Å². The second-order valence-electron chi connectivity index (χ2n) is 3.71. The maximum absolute atomic E-state index is 12.1. The van der Waals surface area contributed by atoms with Crippen molar-refractivity contribution in [1.29, 1.82) is 0 Å². The zero-order valence-electron chi connectivity index (χ0n) is 9.75. The Morgan fingerprint density at radius 3 is 2.79 bits per heavy atom. The molecule has 0 bridgehead atoms. The van der Waals surface area contributed by atoms with Crippen LogP contribution in [0.1, 0.15) is 16.1 Å². The molecule has 2 aromatic rings. The number of rotatable bonds is 2. The van der Waals surface area contributed by atoms with Crippen molar-refractivity contribution in [2.75, 3.05) is 5.32 Å². The fraction of sp³-hybridized carbons (Fsp3) is 0.0833. The highest BCUT2D eigenvalue weighted by molar-refractivity contribution is 9.10. The first-order valence-corrected chi connectivity index (χ1v) is 7.19. The Morgan fingerprint density at radius 2 is 2.11 bits per heavy atom. The minimum atomic E-state index is -0.328. The third-order valence-corrected chi connectivity index (χ3v) is 3.53. The first kappa shape index (κ1) is 14.4. The highest BCUT2D eigenvalue weighted by Gasteiger charge is 2.13. The van der Waals surface area contributed by atoms with E-state index in [1.807, 2.05) is 0 Å². The molecule has 0 aliphatic carbocycles. The SMILES string of the molecule is Cc1nc(Br)ccc1NC(=O)c1cc(Br)cnc1Cl. The summed E-state index contributed by atoms with van der Waals surface area (Å²) in [6.45, 7) is 1.81. The molecular weight excluding hydrogens is 397 g/mol. The van der Waals surface area contributed by atoms with Gasteiger partial charge in [0.15, 0.2) is 0 Å². The van der Waals surface area contributed by atoms with E-state index in [2.05, 4.69) is 47.1 Å². The summed E-state index contributed by atoms with van der Waals surface area (Å²) in [5.74, 6) is -0.328. The molecule has 2 heterocycles. The summed E-state index contributed by atoms with van der Waals surface area (Å²) < 4.78 is 1.40. The number of hydrogen-bond donors (Lipinski definition) is 1. The van der Waals surface area contributed by atoms with Crippen LogP contribution in [0.25, 0.3) is 0 Å². The zero-order valence-corrected chi connectivity index (χ0v) is 13.7. The normalized spacial score (nSPS) is 10.3. The summed E-state index contributed by atoms with van der Waals surface area (Å²) in [4.78, 5) is 20.2. The molecule has 0 aliphatic heterocycles. The first-order chi connectivity index (χ1) is 8.97. The molecule has 0 saturated carbocycles. The van der Waals surface area contributed by atoms with Gasteiger partial charge < -0.3 is 5.32 Å². The number of carbonyl (C=O) groups is 1. The molecular formula is C12H8Br2ClN3O. The molecule has 2 rings (SSSR count). The number of nitrogens with one attached hydrogen (secondary N) is 1. The third kappa shape index (κ3) is 3.52. The van der Waals surface area contributed by atoms with Crippen LogP contribution in [0.15, 0.2) is 33.5 Å². The lowest BCUT2D eigenvalue weighted by Crippen LogP contribution is -2.14. The van der Waals surface area contributed by atoms with E-state index < -0.39 is 0 Å². The first-order valence-electron chi connectivity index (χ1n) is 5.23. The van der Waals surface area contributed by atoms with Gasteiger partial charge in [-0.05, 0) is 57.0 Å². The predicted molar refractivity (Wildman–Crippen MR) is 81.6 cm³/mol. The Kier molecular flexibility index (Phi) is 4.54. The van der Waals surface area contributed by atoms with Gasteiger partial charge in [-0.1, -0.05) is 11.6 Å². The van der Waals surface area contributed by atoms with Gasteiger partial charge in [-0.2, -0.15) is 0 Å². The Hall–Kier alpha value is -0.980. The van der Waals surface area contributed by atoms with Crippen molar-refractivity contribution < 1.29 is 4.79 Å². The van der Waals surface area contributed by atoms with Crippen LogP contribution in [0, 0.1) is 6.92 Å². The average molecular weight is 405 g/mol. The Bertz CT molecular complexity index is 649. The number of aryl methyl sites for hydroxylation is 1. The van der Waals surface area contributed by atoms with E-state index >= 15 is 0 Å². The Morgan fingerprint density at radius 1 is 1.37 bits per heavy atom. The lowest BCUT2D eigenvalue weighted by atomic mass is 10.2. The van der Waals surface area contributed by atoms with Crippen LogP contribution in [0.3, 0.4) is 0 Å². The summed E-state index contributed by atoms with van der Waals surface area (Å²) in [6, 6.07) is 5.14. The molecule has 1 N–H and O–H groups in total. The largest absolute Gasteiger partial charge is 0.320 e. The molecule has 0 aromatic carbocycles. The van der Waals surface area contributed by atoms with Crippen molar-refractivity contribution >= 4 is 55.1 Å². The minimum absolute atomic E-state index is 0.156. The number of aromatic nitrogens is 2. The molecule has 2 aromatic heterocycles. The smallest absolute Gasteiger partial charge is 0.258 e.